The highest BCUT2D eigenvalue weighted by Crippen LogP contribution is 2.29. The van der Waals surface area contributed by atoms with E-state index in [4.69, 9.17) is 0 Å². The van der Waals surface area contributed by atoms with E-state index in [0.29, 0.717) is 30.0 Å². The molecule has 8 heteroatoms. The Balaban J connectivity index is 1.94. The Labute approximate surface area is 146 Å². The summed E-state index contributed by atoms with van der Waals surface area (Å²) in [6.07, 6.45) is 5.95. The van der Waals surface area contributed by atoms with Crippen LogP contribution in [0, 0.1) is 0 Å². The van der Waals surface area contributed by atoms with Crippen LogP contribution in [0.25, 0.3) is 11.3 Å². The van der Waals surface area contributed by atoms with Gasteiger partial charge in [-0.15, -0.1) is 0 Å². The topological polar surface area (TPSA) is 100 Å². The molecule has 1 N–H and O–H groups in total. The third kappa shape index (κ3) is 3.85. The molecule has 1 saturated heterocycles. The second-order valence-electron chi connectivity index (χ2n) is 6.14. The van der Waals surface area contributed by atoms with Crippen molar-refractivity contribution in [3.8, 4) is 11.3 Å². The van der Waals surface area contributed by atoms with Crippen molar-refractivity contribution in [3.63, 3.8) is 0 Å². The lowest BCUT2D eigenvalue weighted by Crippen LogP contribution is -2.38. The van der Waals surface area contributed by atoms with Gasteiger partial charge in [-0.3, -0.25) is 4.98 Å². The molecule has 0 spiro atoms. The van der Waals surface area contributed by atoms with Crippen LogP contribution in [0.2, 0.25) is 0 Å². The summed E-state index contributed by atoms with van der Waals surface area (Å²) in [5.41, 5.74) is 1.83. The average Bonchev–Trinajstić information content (AvgIpc) is 2.61. The molecule has 25 heavy (non-hydrogen) atoms. The third-order valence-electron chi connectivity index (χ3n) is 4.36. The zero-order chi connectivity index (χ0) is 18.0. The largest absolute Gasteiger partial charge is 0.478 e. The minimum atomic E-state index is -3.24. The molecule has 0 amide bonds. The lowest BCUT2D eigenvalue weighted by Gasteiger charge is -2.30. The van der Waals surface area contributed by atoms with Crippen molar-refractivity contribution in [1.29, 1.82) is 0 Å². The van der Waals surface area contributed by atoms with Gasteiger partial charge in [-0.1, -0.05) is 18.2 Å². The summed E-state index contributed by atoms with van der Waals surface area (Å²) in [5.74, 6) is -1.07. The minimum Gasteiger partial charge on any atom is -0.478 e. The quantitative estimate of drug-likeness (QED) is 0.894. The maximum Gasteiger partial charge on any atom is 0.336 e. The number of aromatic nitrogens is 2. The summed E-state index contributed by atoms with van der Waals surface area (Å²) >= 11 is 0. The number of sulfonamides is 1. The van der Waals surface area contributed by atoms with Gasteiger partial charge in [0, 0.05) is 30.8 Å². The van der Waals surface area contributed by atoms with Crippen LogP contribution in [0.15, 0.2) is 36.7 Å². The summed E-state index contributed by atoms with van der Waals surface area (Å²) in [4.78, 5) is 20.2. The fraction of sp³-hybridized carbons (Fsp3) is 0.353. The molecule has 2 heterocycles. The van der Waals surface area contributed by atoms with E-state index in [9.17, 15) is 18.3 Å². The van der Waals surface area contributed by atoms with Crippen LogP contribution >= 0.6 is 0 Å². The second kappa shape index (κ2) is 6.89. The lowest BCUT2D eigenvalue weighted by molar-refractivity contribution is 0.0697. The Morgan fingerprint density at radius 3 is 2.76 bits per heavy atom. The van der Waals surface area contributed by atoms with Crippen LogP contribution in [-0.2, 0) is 10.0 Å². The maximum atomic E-state index is 11.8. The van der Waals surface area contributed by atoms with Gasteiger partial charge in [-0.2, -0.15) is 0 Å². The Hall–Kier alpha value is -2.32. The molecule has 3 rings (SSSR count). The number of carboxylic acids is 1. The van der Waals surface area contributed by atoms with Gasteiger partial charge in [-0.25, -0.2) is 22.5 Å². The van der Waals surface area contributed by atoms with Gasteiger partial charge in [0.05, 0.1) is 29.4 Å². The van der Waals surface area contributed by atoms with Crippen molar-refractivity contribution >= 4 is 16.0 Å². The molecule has 1 aliphatic heterocycles. The monoisotopic (exact) mass is 361 g/mol. The number of carboxylic acid groups (broad SMARTS) is 1. The number of hydrogen-bond acceptors (Lipinski definition) is 5. The maximum absolute atomic E-state index is 11.8. The molecule has 0 radical (unpaired) electrons. The molecule has 1 atom stereocenters. The molecule has 0 bridgehead atoms. The first-order valence-electron chi connectivity index (χ1n) is 7.96. The van der Waals surface area contributed by atoms with Gasteiger partial charge in [0.2, 0.25) is 10.0 Å². The number of nitrogens with zero attached hydrogens (tertiary/aromatic N) is 3. The van der Waals surface area contributed by atoms with E-state index in [1.165, 1.54) is 22.8 Å². The molecule has 0 saturated carbocycles. The van der Waals surface area contributed by atoms with Crippen molar-refractivity contribution in [2.75, 3.05) is 19.3 Å². The first-order valence-corrected chi connectivity index (χ1v) is 9.81. The normalized spacial score (nSPS) is 18.8. The molecular formula is C17H19N3O4S. The van der Waals surface area contributed by atoms with Gasteiger partial charge in [-0.05, 0) is 18.9 Å². The molecule has 1 fully saturated rings. The van der Waals surface area contributed by atoms with Crippen molar-refractivity contribution in [1.82, 2.24) is 14.3 Å². The Kier molecular flexibility index (Phi) is 4.82. The molecule has 1 aliphatic rings. The van der Waals surface area contributed by atoms with Crippen molar-refractivity contribution in [2.24, 2.45) is 0 Å². The Morgan fingerprint density at radius 1 is 1.28 bits per heavy atom. The number of aromatic carboxylic acids is 1. The van der Waals surface area contributed by atoms with E-state index in [1.54, 1.807) is 24.4 Å². The van der Waals surface area contributed by atoms with E-state index in [1.807, 2.05) is 0 Å². The zero-order valence-electron chi connectivity index (χ0n) is 13.8. The fourth-order valence-corrected chi connectivity index (χ4v) is 4.00. The summed E-state index contributed by atoms with van der Waals surface area (Å²) < 4.78 is 25.1. The number of benzene rings is 1. The smallest absolute Gasteiger partial charge is 0.336 e. The molecular weight excluding hydrogens is 342 g/mol. The number of rotatable bonds is 4. The van der Waals surface area contributed by atoms with E-state index in [0.717, 1.165) is 12.8 Å². The second-order valence-corrected chi connectivity index (χ2v) is 8.12. The van der Waals surface area contributed by atoms with E-state index in [2.05, 4.69) is 9.97 Å². The highest BCUT2D eigenvalue weighted by atomic mass is 32.2. The van der Waals surface area contributed by atoms with E-state index in [-0.39, 0.29) is 11.5 Å². The van der Waals surface area contributed by atoms with Crippen LogP contribution in [0.3, 0.4) is 0 Å². The van der Waals surface area contributed by atoms with Crippen molar-refractivity contribution < 1.29 is 18.3 Å². The average molecular weight is 361 g/mol. The van der Waals surface area contributed by atoms with Crippen molar-refractivity contribution in [2.45, 2.75) is 18.8 Å². The number of piperidine rings is 1. The molecule has 2 aromatic rings. The molecule has 1 aromatic heterocycles. The van der Waals surface area contributed by atoms with Crippen LogP contribution < -0.4 is 0 Å². The first kappa shape index (κ1) is 17.5. The van der Waals surface area contributed by atoms with E-state index >= 15 is 0 Å². The molecule has 0 aliphatic carbocycles. The van der Waals surface area contributed by atoms with Gasteiger partial charge in [0.25, 0.3) is 0 Å². The third-order valence-corrected chi connectivity index (χ3v) is 5.63. The highest BCUT2D eigenvalue weighted by molar-refractivity contribution is 7.88. The summed E-state index contributed by atoms with van der Waals surface area (Å²) in [7, 11) is -3.24. The summed E-state index contributed by atoms with van der Waals surface area (Å²) in [6.45, 7) is 0.891. The van der Waals surface area contributed by atoms with E-state index < -0.39 is 16.0 Å². The van der Waals surface area contributed by atoms with Crippen LogP contribution in [-0.4, -0.2) is 53.1 Å². The zero-order valence-corrected chi connectivity index (χ0v) is 14.6. The van der Waals surface area contributed by atoms with Crippen LogP contribution in [0.1, 0.15) is 34.8 Å². The predicted molar refractivity (Wildman–Crippen MR) is 92.8 cm³/mol. The number of carbonyl (C=O) groups is 1. The summed E-state index contributed by atoms with van der Waals surface area (Å²) in [6, 6.07) is 6.64. The minimum absolute atomic E-state index is 0.0482. The van der Waals surface area contributed by atoms with Gasteiger partial charge in [0.1, 0.15) is 0 Å². The molecule has 132 valence electrons. The standard InChI is InChI=1S/C17H19N3O4S/c1-25(23,24)20-8-4-5-12(11-20)15-9-18-10-16(19-15)13-6-2-3-7-14(13)17(21)22/h2-3,6-7,9-10,12H,4-5,8,11H2,1H3,(H,21,22)/t12-/m1/s1. The first-order chi connectivity index (χ1) is 11.9. The SMILES string of the molecule is CS(=O)(=O)N1CCC[C@@H](c2cncc(-c3ccccc3C(=O)O)n2)C1. The predicted octanol–water partition coefficient (Wildman–Crippen LogP) is 1.98. The Morgan fingerprint density at radius 2 is 2.04 bits per heavy atom. The molecule has 0 unspecified atom stereocenters. The highest BCUT2D eigenvalue weighted by Gasteiger charge is 2.28. The van der Waals surface area contributed by atoms with Crippen molar-refractivity contribution in [3.05, 3.63) is 47.9 Å². The van der Waals surface area contributed by atoms with Gasteiger partial charge >= 0.3 is 5.97 Å². The van der Waals surface area contributed by atoms with Gasteiger partial charge < -0.3 is 5.11 Å². The number of hydrogen-bond donors (Lipinski definition) is 1. The Bertz CT molecular complexity index is 898. The fourth-order valence-electron chi connectivity index (χ4n) is 3.09. The molecule has 7 nitrogen and oxygen atoms in total. The van der Waals surface area contributed by atoms with Gasteiger partial charge in [0.15, 0.2) is 0 Å². The summed E-state index contributed by atoms with van der Waals surface area (Å²) in [5, 5.41) is 9.35. The van der Waals surface area contributed by atoms with Crippen LogP contribution in [0.5, 0.6) is 0 Å². The van der Waals surface area contributed by atoms with Crippen LogP contribution in [0.4, 0.5) is 0 Å². The lowest BCUT2D eigenvalue weighted by atomic mass is 9.96. The molecule has 1 aromatic carbocycles.